The normalized spacial score (nSPS) is 21.4. The summed E-state index contributed by atoms with van der Waals surface area (Å²) in [5.74, 6) is 0. The number of rotatable bonds is 2. The average molecular weight is 349 g/mol. The highest BCUT2D eigenvalue weighted by molar-refractivity contribution is 7.89. The van der Waals surface area contributed by atoms with E-state index in [4.69, 9.17) is 0 Å². The van der Waals surface area contributed by atoms with Crippen molar-refractivity contribution in [1.29, 1.82) is 0 Å². The minimum Gasteiger partial charge on any atom is -0.207 e. The second-order valence-corrected chi connectivity index (χ2v) is 8.83. The van der Waals surface area contributed by atoms with Crippen LogP contribution in [0.15, 0.2) is 29.2 Å². The van der Waals surface area contributed by atoms with E-state index in [1.807, 2.05) is 20.8 Å². The molecule has 0 N–H and O–H groups in total. The lowest BCUT2D eigenvalue weighted by atomic mass is 9.87. The molecule has 130 valence electrons. The van der Waals surface area contributed by atoms with Gasteiger partial charge >= 0.3 is 6.18 Å². The van der Waals surface area contributed by atoms with Crippen molar-refractivity contribution in [3.63, 3.8) is 0 Å². The van der Waals surface area contributed by atoms with Crippen LogP contribution in [0.2, 0.25) is 0 Å². The van der Waals surface area contributed by atoms with Crippen molar-refractivity contribution in [2.24, 2.45) is 0 Å². The van der Waals surface area contributed by atoms with Gasteiger partial charge in [-0.05, 0) is 36.0 Å². The molecule has 1 saturated heterocycles. The molecule has 0 saturated carbocycles. The van der Waals surface area contributed by atoms with Gasteiger partial charge in [-0.25, -0.2) is 8.42 Å². The highest BCUT2D eigenvalue weighted by atomic mass is 32.2. The molecule has 1 heterocycles. The number of halogens is 3. The molecule has 0 spiro atoms. The quantitative estimate of drug-likeness (QED) is 0.806. The molecule has 23 heavy (non-hydrogen) atoms. The predicted octanol–water partition coefficient (Wildman–Crippen LogP) is 4.09. The van der Waals surface area contributed by atoms with Crippen LogP contribution in [0.1, 0.15) is 45.6 Å². The topological polar surface area (TPSA) is 37.4 Å². The highest BCUT2D eigenvalue weighted by Gasteiger charge is 2.49. The standard InChI is InChI=1S/C16H22F3NO2S/c1-15(2,3)12-7-9-13(10-8-12)23(21,22)20-11-5-4-6-14(20)16(17,18)19/h7-10,14H,4-6,11H2,1-3H3. The highest BCUT2D eigenvalue weighted by Crippen LogP contribution is 2.35. The van der Waals surface area contributed by atoms with Crippen LogP contribution in [0.4, 0.5) is 13.2 Å². The lowest BCUT2D eigenvalue weighted by Crippen LogP contribution is -2.51. The Morgan fingerprint density at radius 1 is 1.04 bits per heavy atom. The summed E-state index contributed by atoms with van der Waals surface area (Å²) in [4.78, 5) is -0.0818. The fourth-order valence-corrected chi connectivity index (χ4v) is 4.46. The molecule has 7 heteroatoms. The van der Waals surface area contributed by atoms with E-state index < -0.39 is 22.2 Å². The molecular formula is C16H22F3NO2S. The van der Waals surface area contributed by atoms with E-state index in [-0.39, 0.29) is 23.3 Å². The molecule has 1 aromatic rings. The van der Waals surface area contributed by atoms with Crippen LogP contribution in [0, 0.1) is 0 Å². The van der Waals surface area contributed by atoms with Crippen LogP contribution < -0.4 is 0 Å². The lowest BCUT2D eigenvalue weighted by molar-refractivity contribution is -0.177. The fourth-order valence-electron chi connectivity index (χ4n) is 2.78. The first-order valence-corrected chi connectivity index (χ1v) is 9.07. The molecule has 0 radical (unpaired) electrons. The van der Waals surface area contributed by atoms with Gasteiger partial charge < -0.3 is 0 Å². The van der Waals surface area contributed by atoms with Crippen molar-refractivity contribution < 1.29 is 21.6 Å². The van der Waals surface area contributed by atoms with E-state index in [0.717, 1.165) is 5.56 Å². The Hall–Kier alpha value is -1.08. The van der Waals surface area contributed by atoms with E-state index in [0.29, 0.717) is 17.1 Å². The van der Waals surface area contributed by atoms with Gasteiger partial charge in [0.15, 0.2) is 0 Å². The Bertz CT molecular complexity index is 645. The summed E-state index contributed by atoms with van der Waals surface area (Å²) in [6, 6.07) is 4.21. The first-order chi connectivity index (χ1) is 10.4. The zero-order valence-corrected chi connectivity index (χ0v) is 14.3. The number of alkyl halides is 3. The third kappa shape index (κ3) is 3.88. The molecular weight excluding hydrogens is 327 g/mol. The van der Waals surface area contributed by atoms with E-state index in [1.165, 1.54) is 12.1 Å². The molecule has 1 aromatic carbocycles. The van der Waals surface area contributed by atoms with Crippen LogP contribution >= 0.6 is 0 Å². The molecule has 1 aliphatic heterocycles. The summed E-state index contributed by atoms with van der Waals surface area (Å²) in [6.45, 7) is 5.87. The first kappa shape index (κ1) is 18.3. The Kier molecular flexibility index (Phi) is 4.84. The van der Waals surface area contributed by atoms with Gasteiger partial charge in [0.05, 0.1) is 4.90 Å². The molecule has 0 aromatic heterocycles. The van der Waals surface area contributed by atoms with Gasteiger partial charge in [0.25, 0.3) is 0 Å². The maximum absolute atomic E-state index is 13.2. The minimum absolute atomic E-state index is 0.0818. The smallest absolute Gasteiger partial charge is 0.207 e. The Labute approximate surface area is 135 Å². The zero-order valence-electron chi connectivity index (χ0n) is 13.5. The number of piperidine rings is 1. The Balaban J connectivity index is 2.36. The fraction of sp³-hybridized carbons (Fsp3) is 0.625. The second kappa shape index (κ2) is 6.09. The molecule has 1 unspecified atom stereocenters. The van der Waals surface area contributed by atoms with Gasteiger partial charge in [0.1, 0.15) is 6.04 Å². The largest absolute Gasteiger partial charge is 0.405 e. The van der Waals surface area contributed by atoms with Crippen molar-refractivity contribution >= 4 is 10.0 Å². The third-order valence-electron chi connectivity index (χ3n) is 4.16. The summed E-state index contributed by atoms with van der Waals surface area (Å²) in [5.41, 5.74) is 0.782. The van der Waals surface area contributed by atoms with E-state index in [2.05, 4.69) is 0 Å². The molecule has 3 nitrogen and oxygen atoms in total. The van der Waals surface area contributed by atoms with Crippen LogP contribution in [0.3, 0.4) is 0 Å². The molecule has 1 atom stereocenters. The second-order valence-electron chi connectivity index (χ2n) is 6.94. The molecule has 1 aliphatic rings. The third-order valence-corrected chi connectivity index (χ3v) is 6.08. The van der Waals surface area contributed by atoms with E-state index in [9.17, 15) is 21.6 Å². The van der Waals surface area contributed by atoms with Crippen molar-refractivity contribution in [2.75, 3.05) is 6.54 Å². The molecule has 0 bridgehead atoms. The number of sulfonamides is 1. The van der Waals surface area contributed by atoms with Crippen LogP contribution in [-0.4, -0.2) is 31.5 Å². The van der Waals surface area contributed by atoms with Crippen LogP contribution in [0.5, 0.6) is 0 Å². The summed E-state index contributed by atoms with van der Waals surface area (Å²) in [7, 11) is -4.14. The minimum atomic E-state index is -4.54. The van der Waals surface area contributed by atoms with Gasteiger partial charge in [-0.1, -0.05) is 39.3 Å². The zero-order chi connectivity index (χ0) is 17.5. The van der Waals surface area contributed by atoms with Gasteiger partial charge in [-0.15, -0.1) is 0 Å². The van der Waals surface area contributed by atoms with Gasteiger partial charge in [0.2, 0.25) is 10.0 Å². The van der Waals surface area contributed by atoms with Gasteiger partial charge in [-0.2, -0.15) is 17.5 Å². The van der Waals surface area contributed by atoms with Crippen LogP contribution in [0.25, 0.3) is 0 Å². The maximum Gasteiger partial charge on any atom is 0.405 e. The van der Waals surface area contributed by atoms with E-state index in [1.54, 1.807) is 12.1 Å². The summed E-state index contributed by atoms with van der Waals surface area (Å²) in [6.07, 6.45) is -3.88. The lowest BCUT2D eigenvalue weighted by Gasteiger charge is -2.35. The molecule has 0 amide bonds. The van der Waals surface area contributed by atoms with Crippen molar-refractivity contribution in [3.05, 3.63) is 29.8 Å². The average Bonchev–Trinajstić information content (AvgIpc) is 2.45. The van der Waals surface area contributed by atoms with Crippen molar-refractivity contribution in [3.8, 4) is 0 Å². The summed E-state index contributed by atoms with van der Waals surface area (Å²) in [5, 5.41) is 0. The molecule has 0 aliphatic carbocycles. The Morgan fingerprint density at radius 2 is 1.61 bits per heavy atom. The number of hydrogen-bond acceptors (Lipinski definition) is 2. The molecule has 1 fully saturated rings. The van der Waals surface area contributed by atoms with Gasteiger partial charge in [-0.3, -0.25) is 0 Å². The van der Waals surface area contributed by atoms with Gasteiger partial charge in [0, 0.05) is 6.54 Å². The first-order valence-electron chi connectivity index (χ1n) is 7.63. The summed E-state index contributed by atoms with van der Waals surface area (Å²) >= 11 is 0. The summed E-state index contributed by atoms with van der Waals surface area (Å²) < 4.78 is 65.3. The SMILES string of the molecule is CC(C)(C)c1ccc(S(=O)(=O)N2CCCCC2C(F)(F)F)cc1. The number of nitrogens with zero attached hydrogens (tertiary/aromatic N) is 1. The van der Waals surface area contributed by atoms with Crippen LogP contribution in [-0.2, 0) is 15.4 Å². The van der Waals surface area contributed by atoms with E-state index >= 15 is 0 Å². The number of hydrogen-bond donors (Lipinski definition) is 0. The number of benzene rings is 1. The Morgan fingerprint density at radius 3 is 2.09 bits per heavy atom. The predicted molar refractivity (Wildman–Crippen MR) is 82.7 cm³/mol. The maximum atomic E-state index is 13.2. The van der Waals surface area contributed by atoms with Crippen molar-refractivity contribution in [2.45, 2.75) is 62.6 Å². The monoisotopic (exact) mass is 349 g/mol. The van der Waals surface area contributed by atoms with Crippen molar-refractivity contribution in [1.82, 2.24) is 4.31 Å². The molecule has 2 rings (SSSR count).